The maximum Gasteiger partial charge on any atom is 0.339 e. The van der Waals surface area contributed by atoms with Gasteiger partial charge in [0.2, 0.25) is 0 Å². The molecule has 2 aromatic heterocycles. The van der Waals surface area contributed by atoms with Gasteiger partial charge in [-0.25, -0.2) is 9.78 Å². The standard InChI is InChI=1S/C14H20N4O3/c1-4-9(19)5-6-15-12-10(14(20)21)7-16-13-11(12)8(2)17-18(13)3/h7,9,19H,4-6H2,1-3H3,(H,15,16)(H,20,21). The van der Waals surface area contributed by atoms with Crippen LogP contribution in [0.15, 0.2) is 6.20 Å². The quantitative estimate of drug-likeness (QED) is 0.747. The highest BCUT2D eigenvalue weighted by atomic mass is 16.4. The molecule has 0 saturated heterocycles. The first-order chi connectivity index (χ1) is 9.95. The molecule has 2 rings (SSSR count). The SMILES string of the molecule is CCC(O)CCNc1c(C(=O)O)cnc2c1c(C)nn2C. The molecule has 21 heavy (non-hydrogen) atoms. The topological polar surface area (TPSA) is 100 Å². The van der Waals surface area contributed by atoms with Crippen molar-refractivity contribution in [1.29, 1.82) is 0 Å². The van der Waals surface area contributed by atoms with Crippen molar-refractivity contribution in [2.75, 3.05) is 11.9 Å². The monoisotopic (exact) mass is 292 g/mol. The smallest absolute Gasteiger partial charge is 0.339 e. The van der Waals surface area contributed by atoms with Crippen molar-refractivity contribution in [3.63, 3.8) is 0 Å². The van der Waals surface area contributed by atoms with E-state index >= 15 is 0 Å². The Labute approximate surface area is 122 Å². The third kappa shape index (κ3) is 2.97. The molecular weight excluding hydrogens is 272 g/mol. The number of hydrogen-bond acceptors (Lipinski definition) is 5. The molecular formula is C14H20N4O3. The molecule has 114 valence electrons. The van der Waals surface area contributed by atoms with Crippen LogP contribution in [0.3, 0.4) is 0 Å². The Kier molecular flexibility index (Phi) is 4.42. The van der Waals surface area contributed by atoms with Crippen LogP contribution in [-0.2, 0) is 7.05 Å². The van der Waals surface area contributed by atoms with E-state index in [4.69, 9.17) is 0 Å². The molecule has 0 aliphatic rings. The molecule has 7 nitrogen and oxygen atoms in total. The summed E-state index contributed by atoms with van der Waals surface area (Å²) in [7, 11) is 1.77. The Bertz CT molecular complexity index is 666. The average molecular weight is 292 g/mol. The number of carboxylic acid groups (broad SMARTS) is 1. The number of fused-ring (bicyclic) bond motifs is 1. The predicted octanol–water partition coefficient (Wildman–Crippen LogP) is 1.55. The first kappa shape index (κ1) is 15.2. The summed E-state index contributed by atoms with van der Waals surface area (Å²) in [4.78, 5) is 15.6. The molecule has 0 fully saturated rings. The fraction of sp³-hybridized carbons (Fsp3) is 0.500. The lowest BCUT2D eigenvalue weighted by molar-refractivity contribution is 0.0697. The van der Waals surface area contributed by atoms with Gasteiger partial charge in [-0.05, 0) is 19.8 Å². The number of hydrogen-bond donors (Lipinski definition) is 3. The Morgan fingerprint density at radius 2 is 2.24 bits per heavy atom. The van der Waals surface area contributed by atoms with Crippen molar-refractivity contribution >= 4 is 22.7 Å². The van der Waals surface area contributed by atoms with E-state index in [0.717, 1.165) is 5.69 Å². The second kappa shape index (κ2) is 6.09. The van der Waals surface area contributed by atoms with Crippen LogP contribution in [0.2, 0.25) is 0 Å². The lowest BCUT2D eigenvalue weighted by Gasteiger charge is -2.13. The Morgan fingerprint density at radius 3 is 2.86 bits per heavy atom. The van der Waals surface area contributed by atoms with Crippen LogP contribution >= 0.6 is 0 Å². The summed E-state index contributed by atoms with van der Waals surface area (Å²) in [6, 6.07) is 0. The van der Waals surface area contributed by atoms with Gasteiger partial charge >= 0.3 is 5.97 Å². The fourth-order valence-corrected chi connectivity index (χ4v) is 2.33. The highest BCUT2D eigenvalue weighted by Gasteiger charge is 2.19. The van der Waals surface area contributed by atoms with Crippen LogP contribution in [0.4, 0.5) is 5.69 Å². The van der Waals surface area contributed by atoms with Crippen molar-refractivity contribution in [2.45, 2.75) is 32.8 Å². The summed E-state index contributed by atoms with van der Waals surface area (Å²) in [6.07, 6.45) is 2.17. The van der Waals surface area contributed by atoms with Crippen molar-refractivity contribution in [2.24, 2.45) is 7.05 Å². The zero-order valence-corrected chi connectivity index (χ0v) is 12.4. The number of carboxylic acids is 1. The van der Waals surface area contributed by atoms with E-state index in [-0.39, 0.29) is 5.56 Å². The van der Waals surface area contributed by atoms with Crippen LogP contribution in [0, 0.1) is 6.92 Å². The Morgan fingerprint density at radius 1 is 1.52 bits per heavy atom. The first-order valence-electron chi connectivity index (χ1n) is 6.93. The molecule has 0 aromatic carbocycles. The molecule has 0 bridgehead atoms. The summed E-state index contributed by atoms with van der Waals surface area (Å²) >= 11 is 0. The molecule has 0 aliphatic heterocycles. The van der Waals surface area contributed by atoms with Crippen molar-refractivity contribution in [1.82, 2.24) is 14.8 Å². The van der Waals surface area contributed by atoms with Crippen LogP contribution in [-0.4, -0.2) is 43.6 Å². The zero-order valence-electron chi connectivity index (χ0n) is 12.4. The Balaban J connectivity index is 2.42. The number of nitrogens with one attached hydrogen (secondary N) is 1. The molecule has 0 amide bonds. The molecule has 0 spiro atoms. The second-order valence-electron chi connectivity index (χ2n) is 5.04. The summed E-state index contributed by atoms with van der Waals surface area (Å²) in [5, 5.41) is 27.0. The number of rotatable bonds is 6. The predicted molar refractivity (Wildman–Crippen MR) is 79.6 cm³/mol. The van der Waals surface area contributed by atoms with Crippen molar-refractivity contribution < 1.29 is 15.0 Å². The maximum atomic E-state index is 11.4. The third-order valence-electron chi connectivity index (χ3n) is 3.51. The molecule has 0 aliphatic carbocycles. The van der Waals surface area contributed by atoms with Gasteiger partial charge in [0.05, 0.1) is 22.9 Å². The lowest BCUT2D eigenvalue weighted by Crippen LogP contribution is -2.14. The van der Waals surface area contributed by atoms with Gasteiger partial charge in [0.1, 0.15) is 5.56 Å². The highest BCUT2D eigenvalue weighted by Crippen LogP contribution is 2.28. The number of anilines is 1. The van der Waals surface area contributed by atoms with Gasteiger partial charge in [-0.3, -0.25) is 4.68 Å². The van der Waals surface area contributed by atoms with E-state index in [1.54, 1.807) is 11.7 Å². The number of carbonyl (C=O) groups is 1. The van der Waals surface area contributed by atoms with E-state index < -0.39 is 12.1 Å². The molecule has 1 unspecified atom stereocenters. The normalized spacial score (nSPS) is 12.6. The molecule has 2 heterocycles. The second-order valence-corrected chi connectivity index (χ2v) is 5.04. The molecule has 0 saturated carbocycles. The highest BCUT2D eigenvalue weighted by molar-refractivity contribution is 6.04. The first-order valence-corrected chi connectivity index (χ1v) is 6.93. The molecule has 0 radical (unpaired) electrons. The van der Waals surface area contributed by atoms with E-state index in [1.165, 1.54) is 6.20 Å². The van der Waals surface area contributed by atoms with E-state index in [9.17, 15) is 15.0 Å². The number of aromatic carboxylic acids is 1. The van der Waals surface area contributed by atoms with Gasteiger partial charge in [0, 0.05) is 19.8 Å². The van der Waals surface area contributed by atoms with Crippen molar-refractivity contribution in [3.8, 4) is 0 Å². The number of pyridine rings is 1. The number of nitrogens with zero attached hydrogens (tertiary/aromatic N) is 3. The van der Waals surface area contributed by atoms with Crippen LogP contribution < -0.4 is 5.32 Å². The summed E-state index contributed by atoms with van der Waals surface area (Å²) in [5.41, 5.74) is 1.99. The largest absolute Gasteiger partial charge is 0.478 e. The van der Waals surface area contributed by atoms with Crippen LogP contribution in [0.25, 0.3) is 11.0 Å². The summed E-state index contributed by atoms with van der Waals surface area (Å²) in [5.74, 6) is -1.04. The van der Waals surface area contributed by atoms with E-state index in [2.05, 4.69) is 15.4 Å². The minimum Gasteiger partial charge on any atom is -0.478 e. The van der Waals surface area contributed by atoms with Gasteiger partial charge in [0.15, 0.2) is 5.65 Å². The van der Waals surface area contributed by atoms with Gasteiger partial charge in [-0.15, -0.1) is 0 Å². The number of aromatic nitrogens is 3. The molecule has 7 heteroatoms. The summed E-state index contributed by atoms with van der Waals surface area (Å²) in [6.45, 7) is 4.22. The van der Waals surface area contributed by atoms with Gasteiger partial charge in [-0.2, -0.15) is 5.10 Å². The average Bonchev–Trinajstić information content (AvgIpc) is 2.73. The Hall–Kier alpha value is -2.15. The zero-order chi connectivity index (χ0) is 15.6. The van der Waals surface area contributed by atoms with Gasteiger partial charge in [-0.1, -0.05) is 6.92 Å². The van der Waals surface area contributed by atoms with Gasteiger partial charge in [0.25, 0.3) is 0 Å². The fourth-order valence-electron chi connectivity index (χ4n) is 2.33. The number of aryl methyl sites for hydroxylation is 2. The number of aliphatic hydroxyl groups excluding tert-OH is 1. The minimum absolute atomic E-state index is 0.115. The van der Waals surface area contributed by atoms with Crippen LogP contribution in [0.1, 0.15) is 35.8 Å². The molecule has 1 atom stereocenters. The number of aliphatic hydroxyl groups is 1. The van der Waals surface area contributed by atoms with E-state index in [1.807, 2.05) is 13.8 Å². The van der Waals surface area contributed by atoms with Crippen molar-refractivity contribution in [3.05, 3.63) is 17.5 Å². The van der Waals surface area contributed by atoms with Gasteiger partial charge < -0.3 is 15.5 Å². The summed E-state index contributed by atoms with van der Waals surface area (Å²) < 4.78 is 1.63. The maximum absolute atomic E-state index is 11.4. The molecule has 3 N–H and O–H groups in total. The molecule has 2 aromatic rings. The lowest BCUT2D eigenvalue weighted by atomic mass is 10.1. The minimum atomic E-state index is -1.04. The third-order valence-corrected chi connectivity index (χ3v) is 3.51. The van der Waals surface area contributed by atoms with Crippen LogP contribution in [0.5, 0.6) is 0 Å². The van der Waals surface area contributed by atoms with E-state index in [0.29, 0.717) is 36.1 Å².